The molecule has 10 rings (SSSR count). The van der Waals surface area contributed by atoms with E-state index in [1.54, 1.807) is 0 Å². The summed E-state index contributed by atoms with van der Waals surface area (Å²) in [6.07, 6.45) is 0. The lowest BCUT2D eigenvalue weighted by Crippen LogP contribution is -2.06. The SMILES string of the molecule is c1ccc(-c2nc(-c3ccccc3)nc(-n3c4ccccc4c4c(-c5ccc6oc7c(-c8ccccc8)cccc7c6c5)cccc43)n2)cc1. The number of furan rings is 1. The van der Waals surface area contributed by atoms with Crippen molar-refractivity contribution in [3.8, 4) is 51.0 Å². The molecule has 0 bridgehead atoms. The second-order valence-electron chi connectivity index (χ2n) is 12.4. The van der Waals surface area contributed by atoms with Crippen molar-refractivity contribution in [1.29, 1.82) is 0 Å². The standard InChI is InChI=1S/C45H28N4O/c1-4-14-29(15-5-1)34-22-12-23-35-37-28-32(26-27-40(37)50-42(34)35)33-21-13-25-39-41(33)36-20-10-11-24-38(36)49(39)45-47-43(30-16-6-2-7-17-30)46-44(48-45)31-18-8-3-9-19-31/h1-28H. The summed E-state index contributed by atoms with van der Waals surface area (Å²) in [5.74, 6) is 1.83. The number of hydrogen-bond acceptors (Lipinski definition) is 4. The van der Waals surface area contributed by atoms with E-state index in [0.717, 1.165) is 77.1 Å². The highest BCUT2D eigenvalue weighted by Gasteiger charge is 2.21. The molecule has 0 aliphatic heterocycles. The van der Waals surface area contributed by atoms with Gasteiger partial charge < -0.3 is 4.42 Å². The Morgan fingerprint density at radius 3 is 1.70 bits per heavy atom. The normalized spacial score (nSPS) is 11.6. The highest BCUT2D eigenvalue weighted by Crippen LogP contribution is 2.41. The molecule has 234 valence electrons. The second-order valence-corrected chi connectivity index (χ2v) is 12.4. The monoisotopic (exact) mass is 640 g/mol. The Morgan fingerprint density at radius 2 is 0.980 bits per heavy atom. The van der Waals surface area contributed by atoms with Gasteiger partial charge in [0, 0.05) is 38.2 Å². The van der Waals surface area contributed by atoms with E-state index in [1.807, 2.05) is 66.7 Å². The highest BCUT2D eigenvalue weighted by molar-refractivity contribution is 6.17. The van der Waals surface area contributed by atoms with Crippen molar-refractivity contribution < 1.29 is 4.42 Å². The van der Waals surface area contributed by atoms with Gasteiger partial charge in [-0.05, 0) is 41.0 Å². The summed E-state index contributed by atoms with van der Waals surface area (Å²) in [7, 11) is 0. The first-order chi connectivity index (χ1) is 24.8. The molecule has 5 nitrogen and oxygen atoms in total. The van der Waals surface area contributed by atoms with Crippen LogP contribution in [-0.4, -0.2) is 19.5 Å². The average Bonchev–Trinajstić information content (AvgIpc) is 3.74. The van der Waals surface area contributed by atoms with E-state index in [1.165, 1.54) is 0 Å². The molecule has 0 amide bonds. The van der Waals surface area contributed by atoms with Gasteiger partial charge in [0.25, 0.3) is 0 Å². The molecule has 7 aromatic carbocycles. The topological polar surface area (TPSA) is 56.7 Å². The number of nitrogens with zero attached hydrogens (tertiary/aromatic N) is 4. The van der Waals surface area contributed by atoms with Gasteiger partial charge >= 0.3 is 0 Å². The van der Waals surface area contributed by atoms with E-state index in [0.29, 0.717) is 17.6 Å². The summed E-state index contributed by atoms with van der Waals surface area (Å²) in [5, 5.41) is 4.46. The van der Waals surface area contributed by atoms with Gasteiger partial charge in [0.1, 0.15) is 11.2 Å². The van der Waals surface area contributed by atoms with Crippen molar-refractivity contribution in [2.45, 2.75) is 0 Å². The molecule has 0 unspecified atom stereocenters. The quantitative estimate of drug-likeness (QED) is 0.188. The zero-order valence-corrected chi connectivity index (χ0v) is 26.9. The molecule has 0 saturated heterocycles. The van der Waals surface area contributed by atoms with Crippen molar-refractivity contribution >= 4 is 43.7 Å². The van der Waals surface area contributed by atoms with Crippen molar-refractivity contribution in [1.82, 2.24) is 19.5 Å². The predicted molar refractivity (Wildman–Crippen MR) is 203 cm³/mol. The Balaban J connectivity index is 1.21. The van der Waals surface area contributed by atoms with Crippen LogP contribution in [0, 0.1) is 0 Å². The van der Waals surface area contributed by atoms with Crippen molar-refractivity contribution in [2.24, 2.45) is 0 Å². The lowest BCUT2D eigenvalue weighted by atomic mass is 9.97. The van der Waals surface area contributed by atoms with Crippen LogP contribution in [-0.2, 0) is 0 Å². The van der Waals surface area contributed by atoms with Crippen LogP contribution in [0.5, 0.6) is 0 Å². The van der Waals surface area contributed by atoms with E-state index < -0.39 is 0 Å². The van der Waals surface area contributed by atoms with Crippen LogP contribution in [0.4, 0.5) is 0 Å². The predicted octanol–water partition coefficient (Wildman–Crippen LogP) is 11.5. The molecule has 0 spiro atoms. The number of benzene rings is 7. The molecule has 5 heteroatoms. The van der Waals surface area contributed by atoms with E-state index in [2.05, 4.69) is 108 Å². The van der Waals surface area contributed by atoms with Crippen LogP contribution >= 0.6 is 0 Å². The zero-order valence-electron chi connectivity index (χ0n) is 26.9. The minimum absolute atomic E-state index is 0.575. The largest absolute Gasteiger partial charge is 0.455 e. The van der Waals surface area contributed by atoms with Gasteiger partial charge in [-0.15, -0.1) is 0 Å². The first-order valence-corrected chi connectivity index (χ1v) is 16.7. The van der Waals surface area contributed by atoms with Crippen LogP contribution in [0.15, 0.2) is 174 Å². The van der Waals surface area contributed by atoms with Gasteiger partial charge in [0.2, 0.25) is 5.95 Å². The molecule has 0 N–H and O–H groups in total. The fraction of sp³-hybridized carbons (Fsp3) is 0. The smallest absolute Gasteiger partial charge is 0.238 e. The van der Waals surface area contributed by atoms with Crippen molar-refractivity contribution in [3.63, 3.8) is 0 Å². The molecule has 3 aromatic heterocycles. The molecule has 50 heavy (non-hydrogen) atoms. The third-order valence-corrected chi connectivity index (χ3v) is 9.48. The minimum atomic E-state index is 0.575. The molecule has 3 heterocycles. The zero-order chi connectivity index (χ0) is 33.0. The summed E-state index contributed by atoms with van der Waals surface area (Å²) < 4.78 is 8.69. The van der Waals surface area contributed by atoms with Crippen molar-refractivity contribution in [2.75, 3.05) is 0 Å². The number of rotatable bonds is 5. The van der Waals surface area contributed by atoms with Crippen LogP contribution in [0.1, 0.15) is 0 Å². The van der Waals surface area contributed by atoms with Crippen LogP contribution < -0.4 is 0 Å². The Bertz CT molecular complexity index is 2800. The highest BCUT2D eigenvalue weighted by atomic mass is 16.3. The Morgan fingerprint density at radius 1 is 0.400 bits per heavy atom. The number of aromatic nitrogens is 4. The van der Waals surface area contributed by atoms with Gasteiger partial charge in [0.05, 0.1) is 11.0 Å². The maximum atomic E-state index is 6.52. The van der Waals surface area contributed by atoms with Gasteiger partial charge in [-0.25, -0.2) is 4.98 Å². The summed E-state index contributed by atoms with van der Waals surface area (Å²) >= 11 is 0. The second kappa shape index (κ2) is 11.4. The average molecular weight is 641 g/mol. The molecule has 0 atom stereocenters. The number of fused-ring (bicyclic) bond motifs is 6. The Kier molecular flexibility index (Phi) is 6.42. The van der Waals surface area contributed by atoms with E-state index in [4.69, 9.17) is 19.4 Å². The van der Waals surface area contributed by atoms with Crippen molar-refractivity contribution in [3.05, 3.63) is 170 Å². The molecule has 0 radical (unpaired) electrons. The van der Waals surface area contributed by atoms with Gasteiger partial charge in [0.15, 0.2) is 11.6 Å². The first-order valence-electron chi connectivity index (χ1n) is 16.7. The summed E-state index contributed by atoms with van der Waals surface area (Å²) in [6.45, 7) is 0. The molecule has 0 saturated carbocycles. The summed E-state index contributed by atoms with van der Waals surface area (Å²) in [4.78, 5) is 15.1. The minimum Gasteiger partial charge on any atom is -0.455 e. The maximum Gasteiger partial charge on any atom is 0.238 e. The Labute approximate surface area is 287 Å². The van der Waals surface area contributed by atoms with E-state index in [-0.39, 0.29) is 0 Å². The van der Waals surface area contributed by atoms with Crippen LogP contribution in [0.2, 0.25) is 0 Å². The van der Waals surface area contributed by atoms with Gasteiger partial charge in [-0.2, -0.15) is 9.97 Å². The lowest BCUT2D eigenvalue weighted by molar-refractivity contribution is 0.670. The lowest BCUT2D eigenvalue weighted by Gasteiger charge is -2.11. The van der Waals surface area contributed by atoms with Gasteiger partial charge in [-0.3, -0.25) is 4.57 Å². The maximum absolute atomic E-state index is 6.52. The summed E-state index contributed by atoms with van der Waals surface area (Å²) in [5.41, 5.74) is 10.2. The molecular formula is C45H28N4O. The first kappa shape index (κ1) is 28.2. The molecule has 0 aliphatic carbocycles. The third kappa shape index (κ3) is 4.52. The summed E-state index contributed by atoms with van der Waals surface area (Å²) in [6, 6.07) is 58.5. The van der Waals surface area contributed by atoms with Crippen LogP contribution in [0.25, 0.3) is 94.7 Å². The molecule has 0 fully saturated rings. The van der Waals surface area contributed by atoms with E-state index in [9.17, 15) is 0 Å². The molecule has 10 aromatic rings. The number of hydrogen-bond donors (Lipinski definition) is 0. The Hall–Kier alpha value is -6.85. The molecular weight excluding hydrogens is 613 g/mol. The van der Waals surface area contributed by atoms with Gasteiger partial charge in [-0.1, -0.05) is 146 Å². The van der Waals surface area contributed by atoms with Crippen LogP contribution in [0.3, 0.4) is 0 Å². The fourth-order valence-electron chi connectivity index (χ4n) is 7.18. The fourth-order valence-corrected chi connectivity index (χ4v) is 7.18. The van der Waals surface area contributed by atoms with E-state index >= 15 is 0 Å². The third-order valence-electron chi connectivity index (χ3n) is 9.48. The number of para-hydroxylation sites is 2. The molecule has 0 aliphatic rings.